The summed E-state index contributed by atoms with van der Waals surface area (Å²) in [6.45, 7) is 7.73. The molecule has 0 bridgehead atoms. The zero-order valence-electron chi connectivity index (χ0n) is 12.2. The lowest BCUT2D eigenvalue weighted by Crippen LogP contribution is -2.47. The van der Waals surface area contributed by atoms with E-state index in [0.29, 0.717) is 11.7 Å². The van der Waals surface area contributed by atoms with Crippen LogP contribution in [-0.2, 0) is 0 Å². The molecule has 1 fully saturated rings. The minimum absolute atomic E-state index is 0.153. The molecule has 2 aromatic heterocycles. The van der Waals surface area contributed by atoms with Gasteiger partial charge >= 0.3 is 0 Å². The highest BCUT2D eigenvalue weighted by molar-refractivity contribution is 9.10. The van der Waals surface area contributed by atoms with Crippen LogP contribution in [0.5, 0.6) is 0 Å². The van der Waals surface area contributed by atoms with E-state index in [-0.39, 0.29) is 6.04 Å². The average Bonchev–Trinajstić information content (AvgIpc) is 2.94. The van der Waals surface area contributed by atoms with Crippen LogP contribution in [0.15, 0.2) is 27.3 Å². The van der Waals surface area contributed by atoms with E-state index >= 15 is 0 Å². The van der Waals surface area contributed by atoms with E-state index in [0.717, 1.165) is 36.5 Å². The number of rotatable bonds is 3. The molecular formula is C14H18BrN5O. The number of nitrogens with zero attached hydrogens (tertiary/aromatic N) is 5. The van der Waals surface area contributed by atoms with Crippen molar-refractivity contribution in [2.75, 3.05) is 31.1 Å². The van der Waals surface area contributed by atoms with Gasteiger partial charge in [0.05, 0.1) is 10.5 Å². The molecule has 3 heterocycles. The Labute approximate surface area is 132 Å². The van der Waals surface area contributed by atoms with E-state index in [1.54, 1.807) is 0 Å². The molecule has 1 aliphatic rings. The summed E-state index contributed by atoms with van der Waals surface area (Å²) in [6, 6.07) is 4.11. The van der Waals surface area contributed by atoms with E-state index in [1.807, 2.05) is 25.3 Å². The van der Waals surface area contributed by atoms with Crippen LogP contribution in [0.4, 0.5) is 5.82 Å². The van der Waals surface area contributed by atoms with E-state index in [4.69, 9.17) is 4.52 Å². The van der Waals surface area contributed by atoms with Gasteiger partial charge < -0.3 is 9.42 Å². The number of pyridine rings is 1. The van der Waals surface area contributed by atoms with Crippen molar-refractivity contribution in [3.8, 4) is 0 Å². The van der Waals surface area contributed by atoms with Gasteiger partial charge in [0.1, 0.15) is 5.82 Å². The monoisotopic (exact) mass is 351 g/mol. The number of aryl methyl sites for hydroxylation is 1. The summed E-state index contributed by atoms with van der Waals surface area (Å²) < 4.78 is 6.31. The third-order valence-electron chi connectivity index (χ3n) is 3.80. The number of hydrogen-bond acceptors (Lipinski definition) is 6. The molecule has 0 spiro atoms. The molecule has 0 saturated carbocycles. The highest BCUT2D eigenvalue weighted by Gasteiger charge is 2.26. The molecule has 1 aliphatic heterocycles. The normalized spacial score (nSPS) is 18.0. The van der Waals surface area contributed by atoms with Crippen LogP contribution in [0, 0.1) is 6.92 Å². The third kappa shape index (κ3) is 3.08. The van der Waals surface area contributed by atoms with Gasteiger partial charge in [-0.1, -0.05) is 5.16 Å². The highest BCUT2D eigenvalue weighted by atomic mass is 79.9. The lowest BCUT2D eigenvalue weighted by atomic mass is 10.2. The molecule has 6 nitrogen and oxygen atoms in total. The Hall–Kier alpha value is -1.47. The number of anilines is 1. The first-order valence-corrected chi connectivity index (χ1v) is 7.84. The number of halogens is 1. The fraction of sp³-hybridized carbons (Fsp3) is 0.500. The van der Waals surface area contributed by atoms with Gasteiger partial charge in [-0.2, -0.15) is 4.98 Å². The zero-order chi connectivity index (χ0) is 14.8. The van der Waals surface area contributed by atoms with Crippen molar-refractivity contribution in [3.63, 3.8) is 0 Å². The van der Waals surface area contributed by atoms with Gasteiger partial charge in [-0.3, -0.25) is 4.90 Å². The minimum Gasteiger partial charge on any atom is -0.353 e. The van der Waals surface area contributed by atoms with E-state index in [1.165, 1.54) is 0 Å². The molecule has 2 aromatic rings. The molecule has 0 aliphatic carbocycles. The van der Waals surface area contributed by atoms with Gasteiger partial charge in [0, 0.05) is 32.4 Å². The fourth-order valence-electron chi connectivity index (χ4n) is 2.57. The Kier molecular flexibility index (Phi) is 4.21. The van der Waals surface area contributed by atoms with Crippen LogP contribution in [0.3, 0.4) is 0 Å². The predicted octanol–water partition coefficient (Wildman–Crippen LogP) is 2.42. The first-order chi connectivity index (χ1) is 10.1. The summed E-state index contributed by atoms with van der Waals surface area (Å²) in [4.78, 5) is 13.4. The zero-order valence-corrected chi connectivity index (χ0v) is 13.7. The molecule has 0 unspecified atom stereocenters. The highest BCUT2D eigenvalue weighted by Crippen LogP contribution is 2.26. The molecule has 0 N–H and O–H groups in total. The number of hydrogen-bond donors (Lipinski definition) is 0. The molecule has 112 valence electrons. The van der Waals surface area contributed by atoms with Crippen molar-refractivity contribution in [1.82, 2.24) is 20.0 Å². The Morgan fingerprint density at radius 1 is 1.29 bits per heavy atom. The van der Waals surface area contributed by atoms with Gasteiger partial charge in [0.25, 0.3) is 0 Å². The molecule has 1 saturated heterocycles. The SMILES string of the molecule is Cc1noc([C@H](C)N2CCN(c3ncccc3Br)CC2)n1. The van der Waals surface area contributed by atoms with Crippen molar-refractivity contribution in [2.24, 2.45) is 0 Å². The summed E-state index contributed by atoms with van der Waals surface area (Å²) >= 11 is 3.56. The second kappa shape index (κ2) is 6.11. The molecule has 7 heteroatoms. The summed E-state index contributed by atoms with van der Waals surface area (Å²) in [7, 11) is 0. The van der Waals surface area contributed by atoms with Crippen LogP contribution >= 0.6 is 15.9 Å². The Balaban J connectivity index is 1.64. The lowest BCUT2D eigenvalue weighted by Gasteiger charge is -2.37. The first-order valence-electron chi connectivity index (χ1n) is 7.05. The maximum atomic E-state index is 5.27. The first kappa shape index (κ1) is 14.5. The molecule has 0 amide bonds. The van der Waals surface area contributed by atoms with Gasteiger partial charge in [-0.15, -0.1) is 0 Å². The number of piperazine rings is 1. The molecule has 3 rings (SSSR count). The predicted molar refractivity (Wildman–Crippen MR) is 83.2 cm³/mol. The van der Waals surface area contributed by atoms with Gasteiger partial charge in [0.2, 0.25) is 5.89 Å². The Bertz CT molecular complexity index is 609. The van der Waals surface area contributed by atoms with E-state index in [2.05, 4.69) is 47.8 Å². The van der Waals surface area contributed by atoms with Crippen molar-refractivity contribution < 1.29 is 4.52 Å². The molecular weight excluding hydrogens is 334 g/mol. The smallest absolute Gasteiger partial charge is 0.243 e. The second-order valence-electron chi connectivity index (χ2n) is 5.19. The van der Waals surface area contributed by atoms with Crippen molar-refractivity contribution in [1.29, 1.82) is 0 Å². The molecule has 0 aromatic carbocycles. The Morgan fingerprint density at radius 2 is 2.05 bits per heavy atom. The topological polar surface area (TPSA) is 58.3 Å². The van der Waals surface area contributed by atoms with E-state index < -0.39 is 0 Å². The standard InChI is InChI=1S/C14H18BrN5O/c1-10(14-17-11(2)18-21-14)19-6-8-20(9-7-19)13-12(15)4-3-5-16-13/h3-5,10H,6-9H2,1-2H3/t10-/m0/s1. The van der Waals surface area contributed by atoms with Crippen LogP contribution in [0.25, 0.3) is 0 Å². The fourth-order valence-corrected chi connectivity index (χ4v) is 3.08. The lowest BCUT2D eigenvalue weighted by molar-refractivity contribution is 0.164. The van der Waals surface area contributed by atoms with Crippen LogP contribution in [0.2, 0.25) is 0 Å². The van der Waals surface area contributed by atoms with Crippen molar-refractivity contribution in [3.05, 3.63) is 34.5 Å². The number of aromatic nitrogens is 3. The average molecular weight is 352 g/mol. The van der Waals surface area contributed by atoms with Crippen molar-refractivity contribution in [2.45, 2.75) is 19.9 Å². The van der Waals surface area contributed by atoms with Crippen LogP contribution in [-0.4, -0.2) is 46.2 Å². The van der Waals surface area contributed by atoms with Gasteiger partial charge in [0.15, 0.2) is 5.82 Å². The minimum atomic E-state index is 0.153. The quantitative estimate of drug-likeness (QED) is 0.846. The van der Waals surface area contributed by atoms with Gasteiger partial charge in [-0.05, 0) is 41.9 Å². The van der Waals surface area contributed by atoms with E-state index in [9.17, 15) is 0 Å². The Morgan fingerprint density at radius 3 is 2.67 bits per heavy atom. The molecule has 0 radical (unpaired) electrons. The largest absolute Gasteiger partial charge is 0.353 e. The van der Waals surface area contributed by atoms with Crippen molar-refractivity contribution >= 4 is 21.7 Å². The maximum absolute atomic E-state index is 5.27. The summed E-state index contributed by atoms with van der Waals surface area (Å²) in [5.74, 6) is 2.39. The second-order valence-corrected chi connectivity index (χ2v) is 6.04. The van der Waals surface area contributed by atoms with Gasteiger partial charge in [-0.25, -0.2) is 4.98 Å². The molecule has 21 heavy (non-hydrogen) atoms. The van der Waals surface area contributed by atoms with Crippen LogP contribution < -0.4 is 4.90 Å². The molecule has 1 atom stereocenters. The summed E-state index contributed by atoms with van der Waals surface area (Å²) in [5, 5.41) is 3.87. The maximum Gasteiger partial charge on any atom is 0.243 e. The third-order valence-corrected chi connectivity index (χ3v) is 4.42. The summed E-state index contributed by atoms with van der Waals surface area (Å²) in [5.41, 5.74) is 0. The summed E-state index contributed by atoms with van der Waals surface area (Å²) in [6.07, 6.45) is 1.83. The van der Waals surface area contributed by atoms with Crippen LogP contribution in [0.1, 0.15) is 24.7 Å².